The Morgan fingerprint density at radius 1 is 1.02 bits per heavy atom. The number of benzene rings is 1. The number of nitrogens with zero attached hydrogens (tertiary/aromatic N) is 6. The van der Waals surface area contributed by atoms with Gasteiger partial charge in [-0.2, -0.15) is 4.31 Å². The summed E-state index contributed by atoms with van der Waals surface area (Å²) in [5.74, 6) is 1.25. The zero-order chi connectivity index (χ0) is 28.9. The molecule has 0 spiro atoms. The van der Waals surface area contributed by atoms with Gasteiger partial charge in [-0.25, -0.2) is 18.4 Å². The molecule has 1 atom stereocenters. The molecule has 1 amide bonds. The fourth-order valence-electron chi connectivity index (χ4n) is 5.46. The van der Waals surface area contributed by atoms with Crippen molar-refractivity contribution in [3.8, 4) is 5.75 Å². The van der Waals surface area contributed by atoms with Crippen molar-refractivity contribution in [1.29, 1.82) is 0 Å². The van der Waals surface area contributed by atoms with Crippen LogP contribution in [-0.2, 0) is 26.1 Å². The van der Waals surface area contributed by atoms with Crippen LogP contribution in [0, 0.1) is 13.8 Å². The van der Waals surface area contributed by atoms with Crippen LogP contribution in [0.15, 0.2) is 29.4 Å². The van der Waals surface area contributed by atoms with Crippen molar-refractivity contribution in [2.24, 2.45) is 0 Å². The Hall–Kier alpha value is -2.80. The van der Waals surface area contributed by atoms with Gasteiger partial charge in [0.15, 0.2) is 0 Å². The lowest BCUT2D eigenvalue weighted by molar-refractivity contribution is -0.138. The van der Waals surface area contributed by atoms with E-state index in [1.165, 1.54) is 0 Å². The lowest BCUT2D eigenvalue weighted by Crippen LogP contribution is -2.50. The van der Waals surface area contributed by atoms with Gasteiger partial charge in [-0.1, -0.05) is 6.42 Å². The zero-order valence-corrected chi connectivity index (χ0v) is 25.1. The number of carbonyl (C=O) groups is 1. The second-order valence-corrected chi connectivity index (χ2v) is 12.6. The number of aryl methyl sites for hydroxylation is 2. The maximum atomic E-state index is 13.7. The average molecular weight is 575 g/mol. The first-order valence-electron chi connectivity index (χ1n) is 13.8. The number of ether oxygens (including phenoxy) is 2. The number of anilines is 1. The number of rotatable bonds is 10. The summed E-state index contributed by atoms with van der Waals surface area (Å²) in [6, 6.07) is 3.20. The van der Waals surface area contributed by atoms with Gasteiger partial charge in [0, 0.05) is 77.4 Å². The van der Waals surface area contributed by atoms with E-state index in [9.17, 15) is 13.2 Å². The lowest BCUT2D eigenvalue weighted by atomic mass is 10.1. The first-order chi connectivity index (χ1) is 19.1. The topological polar surface area (TPSA) is 108 Å². The number of hydrogen-bond donors (Lipinski definition) is 0. The van der Waals surface area contributed by atoms with E-state index in [1.807, 2.05) is 36.3 Å². The molecule has 3 heterocycles. The van der Waals surface area contributed by atoms with Crippen LogP contribution in [0.25, 0.3) is 0 Å². The average Bonchev–Trinajstić information content (AvgIpc) is 2.93. The third-order valence-electron chi connectivity index (χ3n) is 7.57. The van der Waals surface area contributed by atoms with Gasteiger partial charge < -0.3 is 19.3 Å². The van der Waals surface area contributed by atoms with Gasteiger partial charge in [-0.05, 0) is 49.9 Å². The van der Waals surface area contributed by atoms with Crippen LogP contribution in [0.5, 0.6) is 5.75 Å². The molecule has 40 heavy (non-hydrogen) atoms. The Kier molecular flexibility index (Phi) is 9.99. The van der Waals surface area contributed by atoms with Gasteiger partial charge in [0.2, 0.25) is 21.9 Å². The third kappa shape index (κ3) is 7.09. The van der Waals surface area contributed by atoms with Gasteiger partial charge in [-0.3, -0.25) is 9.69 Å². The fourth-order valence-corrected chi connectivity index (χ4v) is 7.55. The molecule has 2 aliphatic heterocycles. The third-order valence-corrected chi connectivity index (χ3v) is 9.83. The highest BCUT2D eigenvalue weighted by molar-refractivity contribution is 7.89. The van der Waals surface area contributed by atoms with E-state index in [2.05, 4.69) is 14.9 Å². The van der Waals surface area contributed by atoms with Gasteiger partial charge in [0.25, 0.3) is 0 Å². The van der Waals surface area contributed by atoms with Gasteiger partial charge in [0.1, 0.15) is 12.4 Å². The molecule has 2 aliphatic rings. The molecule has 4 rings (SSSR count). The van der Waals surface area contributed by atoms with Crippen LogP contribution >= 0.6 is 0 Å². The van der Waals surface area contributed by atoms with Crippen molar-refractivity contribution in [3.63, 3.8) is 0 Å². The normalized spacial score (nSPS) is 19.0. The van der Waals surface area contributed by atoms with Gasteiger partial charge in [-0.15, -0.1) is 0 Å². The van der Waals surface area contributed by atoms with Crippen LogP contribution in [0.1, 0.15) is 36.0 Å². The molecule has 1 aromatic carbocycles. The van der Waals surface area contributed by atoms with E-state index in [1.54, 1.807) is 37.4 Å². The summed E-state index contributed by atoms with van der Waals surface area (Å²) in [6.07, 6.45) is 6.14. The zero-order valence-electron chi connectivity index (χ0n) is 24.3. The Balaban J connectivity index is 1.28. The van der Waals surface area contributed by atoms with Crippen molar-refractivity contribution < 1.29 is 22.7 Å². The van der Waals surface area contributed by atoms with E-state index in [4.69, 9.17) is 9.47 Å². The Morgan fingerprint density at radius 3 is 2.27 bits per heavy atom. The predicted molar refractivity (Wildman–Crippen MR) is 153 cm³/mol. The number of sulfonamides is 1. The summed E-state index contributed by atoms with van der Waals surface area (Å²) in [4.78, 5) is 27.9. The van der Waals surface area contributed by atoms with Gasteiger partial charge in [0.05, 0.1) is 18.6 Å². The van der Waals surface area contributed by atoms with Crippen molar-refractivity contribution in [2.75, 3.05) is 72.0 Å². The molecule has 220 valence electrons. The minimum Gasteiger partial charge on any atom is -0.497 e. The van der Waals surface area contributed by atoms with Crippen molar-refractivity contribution in [2.45, 2.75) is 50.6 Å². The van der Waals surface area contributed by atoms with Crippen LogP contribution in [0.2, 0.25) is 0 Å². The van der Waals surface area contributed by atoms with E-state index >= 15 is 0 Å². The predicted octanol–water partition coefficient (Wildman–Crippen LogP) is 2.07. The first kappa shape index (κ1) is 30.2. The fraction of sp³-hybridized carbons (Fsp3) is 0.607. The molecule has 2 saturated heterocycles. The molecular weight excluding hydrogens is 532 g/mol. The van der Waals surface area contributed by atoms with Crippen LogP contribution in [-0.4, -0.2) is 112 Å². The number of amides is 1. The summed E-state index contributed by atoms with van der Waals surface area (Å²) in [6.45, 7) is 7.69. The van der Waals surface area contributed by atoms with E-state index < -0.39 is 10.0 Å². The van der Waals surface area contributed by atoms with E-state index in [-0.39, 0.29) is 25.2 Å². The molecule has 0 N–H and O–H groups in total. The second-order valence-electron chi connectivity index (χ2n) is 10.8. The maximum Gasteiger partial charge on any atom is 0.248 e. The van der Waals surface area contributed by atoms with Crippen molar-refractivity contribution in [1.82, 2.24) is 24.1 Å². The van der Waals surface area contributed by atoms with Crippen LogP contribution in [0.4, 0.5) is 5.95 Å². The molecule has 11 nitrogen and oxygen atoms in total. The molecule has 0 bridgehead atoms. The number of methoxy groups -OCH3 is 1. The smallest absolute Gasteiger partial charge is 0.248 e. The Labute approximate surface area is 238 Å². The molecule has 1 unspecified atom stereocenters. The molecule has 1 aromatic heterocycles. The Bertz CT molecular complexity index is 1240. The maximum absolute atomic E-state index is 13.7. The standard InChI is InChI=1S/C28H42N6O5S/c1-21-14-25(38-5)15-22(2)27(21)40(36,37)34-9-7-6-8-24(34)19-39-20-26(35)33-12-10-32(11-13-33)18-23-16-29-28(30-17-23)31(3)4/h14-17,24H,6-13,18-20H2,1-5H3. The monoisotopic (exact) mass is 574 g/mol. The minimum atomic E-state index is -3.72. The minimum absolute atomic E-state index is 0.0508. The summed E-state index contributed by atoms with van der Waals surface area (Å²) < 4.78 is 40.2. The van der Waals surface area contributed by atoms with Crippen molar-refractivity contribution >= 4 is 21.9 Å². The summed E-state index contributed by atoms with van der Waals surface area (Å²) in [7, 11) is 1.67. The lowest BCUT2D eigenvalue weighted by Gasteiger charge is -2.36. The summed E-state index contributed by atoms with van der Waals surface area (Å²) in [5.41, 5.74) is 2.37. The molecule has 0 aliphatic carbocycles. The number of piperazine rings is 1. The number of aromatic nitrogens is 2. The highest BCUT2D eigenvalue weighted by Crippen LogP contribution is 2.32. The van der Waals surface area contributed by atoms with Crippen LogP contribution in [0.3, 0.4) is 0 Å². The number of piperidine rings is 1. The second kappa shape index (κ2) is 13.2. The van der Waals surface area contributed by atoms with Crippen molar-refractivity contribution in [3.05, 3.63) is 41.2 Å². The largest absolute Gasteiger partial charge is 0.497 e. The number of carbonyl (C=O) groups excluding carboxylic acids is 1. The highest BCUT2D eigenvalue weighted by atomic mass is 32.2. The van der Waals surface area contributed by atoms with E-state index in [0.717, 1.165) is 38.0 Å². The SMILES string of the molecule is COc1cc(C)c(S(=O)(=O)N2CCCCC2COCC(=O)N2CCN(Cc3cnc(N(C)C)nc3)CC2)c(C)c1. The molecule has 2 fully saturated rings. The van der Waals surface area contributed by atoms with Crippen LogP contribution < -0.4 is 9.64 Å². The Morgan fingerprint density at radius 2 is 1.68 bits per heavy atom. The van der Waals surface area contributed by atoms with E-state index in [0.29, 0.717) is 53.8 Å². The summed E-state index contributed by atoms with van der Waals surface area (Å²) >= 11 is 0. The quantitative estimate of drug-likeness (QED) is 0.421. The molecule has 2 aromatic rings. The first-order valence-corrected chi connectivity index (χ1v) is 15.3. The molecular formula is C28H42N6O5S. The molecule has 0 saturated carbocycles. The highest BCUT2D eigenvalue weighted by Gasteiger charge is 2.36. The van der Waals surface area contributed by atoms with Gasteiger partial charge >= 0.3 is 0 Å². The number of hydrogen-bond acceptors (Lipinski definition) is 9. The molecule has 12 heteroatoms. The summed E-state index contributed by atoms with van der Waals surface area (Å²) in [5, 5.41) is 0. The molecule has 0 radical (unpaired) electrons.